The number of fused-ring (bicyclic) bond motifs is 1. The molecule has 1 aromatic carbocycles. The number of nitrogens with zero attached hydrogens (tertiary/aromatic N) is 2. The van der Waals surface area contributed by atoms with Gasteiger partial charge < -0.3 is 14.6 Å². The molecule has 3 heterocycles. The molecule has 0 spiro atoms. The molecule has 8 nitrogen and oxygen atoms in total. The maximum absolute atomic E-state index is 13.0. The number of aryl methyl sites for hydroxylation is 1. The summed E-state index contributed by atoms with van der Waals surface area (Å²) in [6.45, 7) is 2.02. The van der Waals surface area contributed by atoms with Gasteiger partial charge in [0.25, 0.3) is 5.91 Å². The minimum Gasteiger partial charge on any atom is -0.376 e. The fraction of sp³-hybridized carbons (Fsp3) is 0.500. The first kappa shape index (κ1) is 20.1. The number of hydrogen-bond donors (Lipinski definition) is 1. The first-order valence-electron chi connectivity index (χ1n) is 9.91. The number of aromatic nitrogens is 1. The number of nitrogens with one attached hydrogen (secondary N) is 1. The van der Waals surface area contributed by atoms with Crippen molar-refractivity contribution in [3.63, 3.8) is 0 Å². The maximum Gasteiger partial charge on any atom is 0.256 e. The number of rotatable bonds is 5. The molecule has 1 N–H and O–H groups in total. The van der Waals surface area contributed by atoms with Gasteiger partial charge in [0.05, 0.1) is 16.5 Å². The molecule has 2 saturated heterocycles. The SMILES string of the molecule is Cn1cc(C(=O)NC[C@@H]2CCCO2)c(=O)c2cc(S(=O)(=O)N3CCCC3)ccc21. The van der Waals surface area contributed by atoms with E-state index in [0.717, 1.165) is 25.7 Å². The van der Waals surface area contributed by atoms with Crippen LogP contribution in [0, 0.1) is 0 Å². The molecule has 4 rings (SSSR count). The summed E-state index contributed by atoms with van der Waals surface area (Å²) in [5.41, 5.74) is 0.0983. The third-order valence-corrected chi connectivity index (χ3v) is 7.52. The second-order valence-corrected chi connectivity index (χ2v) is 9.56. The van der Waals surface area contributed by atoms with E-state index in [4.69, 9.17) is 4.74 Å². The zero-order valence-electron chi connectivity index (χ0n) is 16.4. The van der Waals surface area contributed by atoms with Crippen LogP contribution in [0.3, 0.4) is 0 Å². The summed E-state index contributed by atoms with van der Waals surface area (Å²) in [6, 6.07) is 4.53. The van der Waals surface area contributed by atoms with Crippen molar-refractivity contribution < 1.29 is 17.9 Å². The van der Waals surface area contributed by atoms with Crippen molar-refractivity contribution in [1.29, 1.82) is 0 Å². The molecule has 2 aromatic rings. The van der Waals surface area contributed by atoms with Gasteiger partial charge in [-0.25, -0.2) is 8.42 Å². The van der Waals surface area contributed by atoms with Crippen LogP contribution in [0.15, 0.2) is 34.1 Å². The average Bonchev–Trinajstić information content (AvgIpc) is 3.42. The largest absolute Gasteiger partial charge is 0.376 e. The molecule has 0 unspecified atom stereocenters. The molecular weight excluding hydrogens is 394 g/mol. The summed E-state index contributed by atoms with van der Waals surface area (Å²) in [6.07, 6.45) is 4.98. The molecule has 2 aliphatic heterocycles. The highest BCUT2D eigenvalue weighted by Gasteiger charge is 2.28. The predicted octanol–water partition coefficient (Wildman–Crippen LogP) is 1.23. The molecule has 0 saturated carbocycles. The van der Waals surface area contributed by atoms with Crippen LogP contribution in [0.5, 0.6) is 0 Å². The topological polar surface area (TPSA) is 97.7 Å². The summed E-state index contributed by atoms with van der Waals surface area (Å²) in [5, 5.41) is 2.98. The molecule has 1 atom stereocenters. The van der Waals surface area contributed by atoms with Crippen molar-refractivity contribution in [2.24, 2.45) is 7.05 Å². The molecule has 2 aliphatic rings. The van der Waals surface area contributed by atoms with Crippen LogP contribution in [0.2, 0.25) is 0 Å². The zero-order chi connectivity index (χ0) is 20.6. The molecule has 0 bridgehead atoms. The number of benzene rings is 1. The van der Waals surface area contributed by atoms with Crippen molar-refractivity contribution >= 4 is 26.8 Å². The molecular formula is C20H25N3O5S. The standard InChI is InChI=1S/C20H25N3O5S/c1-22-13-17(20(25)21-12-14-5-4-10-28-14)19(24)16-11-15(6-7-18(16)22)29(26,27)23-8-2-3-9-23/h6-7,11,13-14H,2-5,8-10,12H2,1H3,(H,21,25)/t14-/m0/s1. The van der Waals surface area contributed by atoms with E-state index in [1.165, 1.54) is 22.6 Å². The van der Waals surface area contributed by atoms with Crippen LogP contribution < -0.4 is 10.7 Å². The molecule has 29 heavy (non-hydrogen) atoms. The number of carbonyl (C=O) groups is 1. The summed E-state index contributed by atoms with van der Waals surface area (Å²) in [5.74, 6) is -0.476. The Morgan fingerprint density at radius 1 is 1.24 bits per heavy atom. The molecule has 1 amide bonds. The number of pyridine rings is 1. The van der Waals surface area contributed by atoms with E-state index in [0.29, 0.717) is 31.8 Å². The van der Waals surface area contributed by atoms with Crippen LogP contribution >= 0.6 is 0 Å². The quantitative estimate of drug-likeness (QED) is 0.786. The fourth-order valence-corrected chi connectivity index (χ4v) is 5.52. The van der Waals surface area contributed by atoms with E-state index in [1.807, 2.05) is 0 Å². The number of amides is 1. The summed E-state index contributed by atoms with van der Waals surface area (Å²) >= 11 is 0. The van der Waals surface area contributed by atoms with Crippen molar-refractivity contribution in [3.8, 4) is 0 Å². The van der Waals surface area contributed by atoms with E-state index in [1.54, 1.807) is 17.7 Å². The van der Waals surface area contributed by atoms with E-state index in [2.05, 4.69) is 5.32 Å². The fourth-order valence-electron chi connectivity index (χ4n) is 3.98. The molecule has 9 heteroatoms. The van der Waals surface area contributed by atoms with Crippen LogP contribution in [0.25, 0.3) is 10.9 Å². The van der Waals surface area contributed by atoms with Crippen molar-refractivity contribution in [3.05, 3.63) is 40.2 Å². The maximum atomic E-state index is 13.0. The molecule has 0 aliphatic carbocycles. The van der Waals surface area contributed by atoms with Gasteiger partial charge >= 0.3 is 0 Å². The Kier molecular flexibility index (Phi) is 5.46. The third-order valence-electron chi connectivity index (χ3n) is 5.62. The van der Waals surface area contributed by atoms with Gasteiger partial charge in [-0.05, 0) is 43.9 Å². The third kappa shape index (κ3) is 3.82. The van der Waals surface area contributed by atoms with Crippen LogP contribution in [-0.2, 0) is 21.8 Å². The smallest absolute Gasteiger partial charge is 0.256 e. The number of carbonyl (C=O) groups excluding carboxylic acids is 1. The van der Waals surface area contributed by atoms with Gasteiger partial charge in [-0.3, -0.25) is 9.59 Å². The molecule has 2 fully saturated rings. The highest BCUT2D eigenvalue weighted by molar-refractivity contribution is 7.89. The first-order chi connectivity index (χ1) is 13.9. The van der Waals surface area contributed by atoms with Gasteiger partial charge in [0, 0.05) is 44.9 Å². The Hall–Kier alpha value is -2.23. The highest BCUT2D eigenvalue weighted by atomic mass is 32.2. The van der Waals surface area contributed by atoms with Crippen molar-refractivity contribution in [1.82, 2.24) is 14.2 Å². The first-order valence-corrected chi connectivity index (χ1v) is 11.4. The van der Waals surface area contributed by atoms with Crippen LogP contribution in [0.1, 0.15) is 36.0 Å². The Morgan fingerprint density at radius 2 is 2.00 bits per heavy atom. The highest BCUT2D eigenvalue weighted by Crippen LogP contribution is 2.23. The molecule has 156 valence electrons. The zero-order valence-corrected chi connectivity index (χ0v) is 17.2. The second-order valence-electron chi connectivity index (χ2n) is 7.62. The number of hydrogen-bond acceptors (Lipinski definition) is 5. The van der Waals surface area contributed by atoms with Gasteiger partial charge in [0.1, 0.15) is 5.56 Å². The van der Waals surface area contributed by atoms with E-state index in [-0.39, 0.29) is 21.9 Å². The van der Waals surface area contributed by atoms with Gasteiger partial charge in [-0.2, -0.15) is 4.31 Å². The average molecular weight is 420 g/mol. The van der Waals surface area contributed by atoms with E-state index in [9.17, 15) is 18.0 Å². The normalized spacial score (nSPS) is 20.4. The lowest BCUT2D eigenvalue weighted by molar-refractivity contribution is 0.0856. The minimum absolute atomic E-state index is 0.00582. The van der Waals surface area contributed by atoms with Crippen LogP contribution in [-0.4, -0.2) is 55.5 Å². The second kappa shape index (κ2) is 7.89. The lowest BCUT2D eigenvalue weighted by Crippen LogP contribution is -2.35. The van der Waals surface area contributed by atoms with Crippen molar-refractivity contribution in [2.45, 2.75) is 36.7 Å². The Labute approximate surface area is 169 Å². The monoisotopic (exact) mass is 419 g/mol. The van der Waals surface area contributed by atoms with E-state index >= 15 is 0 Å². The lowest BCUT2D eigenvalue weighted by Gasteiger charge is -2.16. The predicted molar refractivity (Wildman–Crippen MR) is 108 cm³/mol. The van der Waals surface area contributed by atoms with Gasteiger partial charge in [-0.15, -0.1) is 0 Å². The summed E-state index contributed by atoms with van der Waals surface area (Å²) in [7, 11) is -1.92. The Balaban J connectivity index is 1.69. The molecule has 1 aromatic heterocycles. The van der Waals surface area contributed by atoms with Gasteiger partial charge in [0.15, 0.2) is 0 Å². The van der Waals surface area contributed by atoms with Gasteiger partial charge in [-0.1, -0.05) is 0 Å². The van der Waals surface area contributed by atoms with Crippen LogP contribution in [0.4, 0.5) is 0 Å². The van der Waals surface area contributed by atoms with Gasteiger partial charge in [0.2, 0.25) is 15.5 Å². The minimum atomic E-state index is -3.65. The Morgan fingerprint density at radius 3 is 2.69 bits per heavy atom. The molecule has 0 radical (unpaired) electrons. The number of ether oxygens (including phenoxy) is 1. The van der Waals surface area contributed by atoms with E-state index < -0.39 is 21.4 Å². The lowest BCUT2D eigenvalue weighted by atomic mass is 10.1. The summed E-state index contributed by atoms with van der Waals surface area (Å²) < 4.78 is 34.3. The Bertz CT molecular complexity index is 1100. The number of sulfonamides is 1. The summed E-state index contributed by atoms with van der Waals surface area (Å²) in [4.78, 5) is 25.7. The van der Waals surface area contributed by atoms with Crippen molar-refractivity contribution in [2.75, 3.05) is 26.2 Å².